The topological polar surface area (TPSA) is 92.8 Å². The smallest absolute Gasteiger partial charge is 0.230 e. The summed E-state index contributed by atoms with van der Waals surface area (Å²) >= 11 is 1.33. The van der Waals surface area contributed by atoms with Crippen molar-refractivity contribution in [2.24, 2.45) is 17.8 Å². The second kappa shape index (κ2) is 10.3. The third kappa shape index (κ3) is 5.07. The van der Waals surface area contributed by atoms with Crippen molar-refractivity contribution in [1.82, 2.24) is 20.1 Å². The Kier molecular flexibility index (Phi) is 7.30. The highest BCUT2D eigenvalue weighted by Crippen LogP contribution is 2.52. The molecule has 1 amide bonds. The number of carbonyl (C=O) groups excluding carboxylic acids is 1. The second-order valence-corrected chi connectivity index (χ2v) is 9.56. The van der Waals surface area contributed by atoms with E-state index in [4.69, 9.17) is 10.00 Å². The molecular formula is C23H28FN5O2S. The predicted molar refractivity (Wildman–Crippen MR) is 118 cm³/mol. The number of carbonyl (C=O) groups is 1. The quantitative estimate of drug-likeness (QED) is 0.426. The van der Waals surface area contributed by atoms with Gasteiger partial charge < -0.3 is 10.1 Å². The molecule has 7 nitrogen and oxygen atoms in total. The normalized spacial score (nSPS) is 22.5. The van der Waals surface area contributed by atoms with Crippen molar-refractivity contribution >= 4 is 17.7 Å². The average molecular weight is 458 g/mol. The first-order valence-corrected chi connectivity index (χ1v) is 12.1. The summed E-state index contributed by atoms with van der Waals surface area (Å²) in [6, 6.07) is 8.49. The van der Waals surface area contributed by atoms with Crippen molar-refractivity contribution < 1.29 is 13.9 Å². The molecule has 4 rings (SSSR count). The van der Waals surface area contributed by atoms with E-state index in [-0.39, 0.29) is 36.5 Å². The van der Waals surface area contributed by atoms with Crippen LogP contribution in [0.2, 0.25) is 0 Å². The van der Waals surface area contributed by atoms with Crippen LogP contribution in [0.5, 0.6) is 5.75 Å². The number of para-hydroxylation sites is 1. The summed E-state index contributed by atoms with van der Waals surface area (Å²) in [5.41, 5.74) is 0. The Labute approximate surface area is 191 Å². The van der Waals surface area contributed by atoms with Gasteiger partial charge in [-0.25, -0.2) is 4.39 Å². The van der Waals surface area contributed by atoms with E-state index in [1.807, 2.05) is 6.07 Å². The standard InChI is InChI=1S/C23H28FN5O2S/c1-15(18-12-16-7-8-17(18)11-16)29-21(13-31-20-6-3-2-5-19(20)24)27-28-23(29)32-14-22(30)26-10-4-9-25/h2-3,5-6,15-18H,4,7-8,10-14H2,1H3,(H,26,30). The number of amides is 1. The summed E-state index contributed by atoms with van der Waals surface area (Å²) in [5, 5.41) is 20.7. The number of ether oxygens (including phenoxy) is 1. The molecule has 4 unspecified atom stereocenters. The van der Waals surface area contributed by atoms with Gasteiger partial charge in [0.2, 0.25) is 5.91 Å². The minimum absolute atomic E-state index is 0.105. The molecule has 0 spiro atoms. The molecule has 1 N–H and O–H groups in total. The molecule has 2 bridgehead atoms. The average Bonchev–Trinajstić information content (AvgIpc) is 3.53. The molecule has 0 aliphatic heterocycles. The highest BCUT2D eigenvalue weighted by atomic mass is 32.2. The van der Waals surface area contributed by atoms with Gasteiger partial charge in [0.15, 0.2) is 22.5 Å². The van der Waals surface area contributed by atoms with Gasteiger partial charge in [0.1, 0.15) is 6.61 Å². The van der Waals surface area contributed by atoms with E-state index in [2.05, 4.69) is 27.0 Å². The highest BCUT2D eigenvalue weighted by Gasteiger charge is 2.43. The first kappa shape index (κ1) is 22.6. The molecule has 9 heteroatoms. The number of aromatic nitrogens is 3. The fraction of sp³-hybridized carbons (Fsp3) is 0.565. The Bertz CT molecular complexity index is 991. The van der Waals surface area contributed by atoms with Crippen LogP contribution in [0.15, 0.2) is 29.4 Å². The molecule has 2 aliphatic carbocycles. The third-order valence-corrected chi connectivity index (χ3v) is 7.58. The van der Waals surface area contributed by atoms with Crippen LogP contribution in [-0.2, 0) is 11.4 Å². The predicted octanol–water partition coefficient (Wildman–Crippen LogP) is 4.12. The van der Waals surface area contributed by atoms with Crippen molar-refractivity contribution in [2.45, 2.75) is 56.8 Å². The summed E-state index contributed by atoms with van der Waals surface area (Å²) in [6.45, 7) is 2.64. The van der Waals surface area contributed by atoms with Crippen molar-refractivity contribution in [2.75, 3.05) is 12.3 Å². The van der Waals surface area contributed by atoms with Crippen molar-refractivity contribution in [3.63, 3.8) is 0 Å². The Morgan fingerprint density at radius 2 is 2.22 bits per heavy atom. The van der Waals surface area contributed by atoms with Crippen LogP contribution in [0.3, 0.4) is 0 Å². The van der Waals surface area contributed by atoms with E-state index in [1.165, 1.54) is 43.5 Å². The minimum Gasteiger partial charge on any atom is -0.483 e. The van der Waals surface area contributed by atoms with Gasteiger partial charge in [-0.1, -0.05) is 30.3 Å². The van der Waals surface area contributed by atoms with Gasteiger partial charge in [-0.05, 0) is 56.1 Å². The number of thioether (sulfide) groups is 1. The maximum absolute atomic E-state index is 14.0. The first-order chi connectivity index (χ1) is 15.6. The van der Waals surface area contributed by atoms with Gasteiger partial charge in [0, 0.05) is 12.6 Å². The molecule has 2 fully saturated rings. The number of rotatable bonds is 10. The molecular weight excluding hydrogens is 429 g/mol. The van der Waals surface area contributed by atoms with E-state index in [0.717, 1.165) is 5.92 Å². The SMILES string of the molecule is CC(C1CC2CCC1C2)n1c(COc2ccccc2F)nnc1SCC(=O)NCCC#N. The number of nitriles is 1. The molecule has 2 aliphatic rings. The number of halogens is 1. The molecule has 0 radical (unpaired) electrons. The van der Waals surface area contributed by atoms with Crippen molar-refractivity contribution in [3.05, 3.63) is 35.9 Å². The van der Waals surface area contributed by atoms with Crippen LogP contribution >= 0.6 is 11.8 Å². The highest BCUT2D eigenvalue weighted by molar-refractivity contribution is 7.99. The van der Waals surface area contributed by atoms with Crippen LogP contribution in [0.4, 0.5) is 4.39 Å². The maximum Gasteiger partial charge on any atom is 0.230 e. The minimum atomic E-state index is -0.414. The van der Waals surface area contributed by atoms with Crippen molar-refractivity contribution in [3.8, 4) is 11.8 Å². The number of nitrogens with zero attached hydrogens (tertiary/aromatic N) is 4. The lowest BCUT2D eigenvalue weighted by Gasteiger charge is -2.30. The lowest BCUT2D eigenvalue weighted by Crippen LogP contribution is -2.27. The van der Waals surface area contributed by atoms with E-state index in [0.29, 0.717) is 29.4 Å². The van der Waals surface area contributed by atoms with E-state index in [1.54, 1.807) is 18.2 Å². The van der Waals surface area contributed by atoms with Crippen LogP contribution < -0.4 is 10.1 Å². The van der Waals surface area contributed by atoms with E-state index in [9.17, 15) is 9.18 Å². The van der Waals surface area contributed by atoms with Crippen LogP contribution in [0.1, 0.15) is 50.9 Å². The lowest BCUT2D eigenvalue weighted by atomic mass is 9.84. The third-order valence-electron chi connectivity index (χ3n) is 6.64. The van der Waals surface area contributed by atoms with Gasteiger partial charge in [-0.3, -0.25) is 9.36 Å². The Balaban J connectivity index is 1.49. The second-order valence-electron chi connectivity index (χ2n) is 8.61. The molecule has 2 aromatic rings. The first-order valence-electron chi connectivity index (χ1n) is 11.1. The molecule has 170 valence electrons. The zero-order chi connectivity index (χ0) is 22.5. The summed E-state index contributed by atoms with van der Waals surface area (Å²) in [5.74, 6) is 2.52. The Morgan fingerprint density at radius 3 is 2.94 bits per heavy atom. The summed E-state index contributed by atoms with van der Waals surface area (Å²) in [4.78, 5) is 12.1. The van der Waals surface area contributed by atoms with Crippen molar-refractivity contribution in [1.29, 1.82) is 5.26 Å². The molecule has 32 heavy (non-hydrogen) atoms. The molecule has 2 saturated carbocycles. The van der Waals surface area contributed by atoms with Gasteiger partial charge in [-0.2, -0.15) is 5.26 Å². The number of benzene rings is 1. The summed E-state index contributed by atoms with van der Waals surface area (Å²) in [6.07, 6.45) is 5.38. The molecule has 1 aromatic carbocycles. The zero-order valence-corrected chi connectivity index (χ0v) is 19.0. The monoisotopic (exact) mass is 457 g/mol. The largest absolute Gasteiger partial charge is 0.483 e. The van der Waals surface area contributed by atoms with Crippen LogP contribution in [-0.4, -0.2) is 33.0 Å². The fourth-order valence-electron chi connectivity index (χ4n) is 5.13. The lowest BCUT2D eigenvalue weighted by molar-refractivity contribution is -0.118. The number of fused-ring (bicyclic) bond motifs is 2. The maximum atomic E-state index is 14.0. The van der Waals surface area contributed by atoms with Crippen LogP contribution in [0, 0.1) is 34.9 Å². The Morgan fingerprint density at radius 1 is 1.38 bits per heavy atom. The summed E-state index contributed by atoms with van der Waals surface area (Å²) in [7, 11) is 0. The Hall–Kier alpha value is -2.60. The van der Waals surface area contributed by atoms with E-state index >= 15 is 0 Å². The van der Waals surface area contributed by atoms with Gasteiger partial charge in [0.25, 0.3) is 0 Å². The number of nitrogens with one attached hydrogen (secondary N) is 1. The fourth-order valence-corrected chi connectivity index (χ4v) is 6.00. The molecule has 1 aromatic heterocycles. The molecule has 0 saturated heterocycles. The van der Waals surface area contributed by atoms with Gasteiger partial charge >= 0.3 is 0 Å². The summed E-state index contributed by atoms with van der Waals surface area (Å²) < 4.78 is 21.8. The van der Waals surface area contributed by atoms with Gasteiger partial charge in [-0.15, -0.1) is 10.2 Å². The molecule has 4 atom stereocenters. The van der Waals surface area contributed by atoms with E-state index < -0.39 is 5.82 Å². The van der Waals surface area contributed by atoms with Gasteiger partial charge in [0.05, 0.1) is 18.2 Å². The zero-order valence-electron chi connectivity index (χ0n) is 18.2. The number of hydrogen-bond acceptors (Lipinski definition) is 6. The number of hydrogen-bond donors (Lipinski definition) is 1. The molecule has 1 heterocycles. The van der Waals surface area contributed by atoms with Crippen LogP contribution in [0.25, 0.3) is 0 Å².